The molecule has 0 bridgehead atoms. The van der Waals surface area contributed by atoms with Crippen molar-refractivity contribution in [3.05, 3.63) is 54.1 Å². The van der Waals surface area contributed by atoms with E-state index in [1.54, 1.807) is 11.3 Å². The van der Waals surface area contributed by atoms with E-state index in [0.29, 0.717) is 13.1 Å². The van der Waals surface area contributed by atoms with E-state index >= 15 is 0 Å². The van der Waals surface area contributed by atoms with Gasteiger partial charge in [-0.15, -0.1) is 0 Å². The predicted molar refractivity (Wildman–Crippen MR) is 95.4 cm³/mol. The van der Waals surface area contributed by atoms with E-state index in [1.807, 2.05) is 29.2 Å². The van der Waals surface area contributed by atoms with Crippen LogP contribution < -0.4 is 10.2 Å². The van der Waals surface area contributed by atoms with Gasteiger partial charge in [0.15, 0.2) is 5.13 Å². The van der Waals surface area contributed by atoms with Crippen molar-refractivity contribution in [3.8, 4) is 0 Å². The number of alkyl halides is 3. The lowest BCUT2D eigenvalue weighted by atomic mass is 10.00. The van der Waals surface area contributed by atoms with Crippen LogP contribution in [0.3, 0.4) is 0 Å². The molecule has 26 heavy (non-hydrogen) atoms. The van der Waals surface area contributed by atoms with Gasteiger partial charge in [0.1, 0.15) is 0 Å². The maximum Gasteiger partial charge on any atom is 0.416 e. The molecule has 0 spiro atoms. The highest BCUT2D eigenvalue weighted by Crippen LogP contribution is 2.34. The molecule has 0 aliphatic carbocycles. The first kappa shape index (κ1) is 16.8. The number of aromatic nitrogens is 1. The lowest BCUT2D eigenvalue weighted by Crippen LogP contribution is -2.52. The second-order valence-electron chi connectivity index (χ2n) is 6.13. The van der Waals surface area contributed by atoms with Gasteiger partial charge >= 0.3 is 6.18 Å². The van der Waals surface area contributed by atoms with Crippen molar-refractivity contribution in [2.45, 2.75) is 6.18 Å². The first-order valence-electron chi connectivity index (χ1n) is 7.99. The number of hydrogen-bond donors (Lipinski definition) is 1. The van der Waals surface area contributed by atoms with Crippen molar-refractivity contribution < 1.29 is 18.0 Å². The smallest absolute Gasteiger partial charge is 0.346 e. The number of halogens is 3. The summed E-state index contributed by atoms with van der Waals surface area (Å²) in [6.07, 6.45) is -4.43. The van der Waals surface area contributed by atoms with Gasteiger partial charge in [0.05, 0.1) is 21.7 Å². The summed E-state index contributed by atoms with van der Waals surface area (Å²) in [6.45, 7) is 1.01. The molecule has 2 aromatic carbocycles. The van der Waals surface area contributed by atoms with E-state index in [2.05, 4.69) is 10.3 Å². The number of nitrogens with zero attached hydrogens (tertiary/aromatic N) is 2. The standard InChI is InChI=1S/C18H14F3N3OS/c19-18(20,21)12-4-3-5-13(8-12)22-16(25)11-9-24(10-11)17-23-14-6-1-2-7-15(14)26-17/h1-8,11H,9-10H2,(H,22,25). The third-order valence-electron chi connectivity index (χ3n) is 4.26. The Morgan fingerprint density at radius 2 is 1.92 bits per heavy atom. The number of benzene rings is 2. The molecule has 1 N–H and O–H groups in total. The molecule has 1 aliphatic heterocycles. The summed E-state index contributed by atoms with van der Waals surface area (Å²) in [5.74, 6) is -0.543. The van der Waals surface area contributed by atoms with Gasteiger partial charge < -0.3 is 10.2 Å². The Balaban J connectivity index is 1.39. The molecule has 2 heterocycles. The molecular weight excluding hydrogens is 363 g/mol. The van der Waals surface area contributed by atoms with Crippen molar-refractivity contribution >= 4 is 38.3 Å². The first-order valence-corrected chi connectivity index (χ1v) is 8.80. The average molecular weight is 377 g/mol. The van der Waals surface area contributed by atoms with Crippen LogP contribution in [-0.2, 0) is 11.0 Å². The van der Waals surface area contributed by atoms with Crippen LogP contribution in [0.5, 0.6) is 0 Å². The molecule has 4 nitrogen and oxygen atoms in total. The number of carbonyl (C=O) groups is 1. The molecular formula is C18H14F3N3OS. The van der Waals surface area contributed by atoms with Crippen molar-refractivity contribution in [2.75, 3.05) is 23.3 Å². The second kappa shape index (κ2) is 6.28. The molecule has 1 aromatic heterocycles. The number of rotatable bonds is 3. The van der Waals surface area contributed by atoms with Crippen LogP contribution in [0.4, 0.5) is 24.0 Å². The van der Waals surface area contributed by atoms with Gasteiger partial charge in [-0.25, -0.2) is 4.98 Å². The van der Waals surface area contributed by atoms with E-state index in [-0.39, 0.29) is 17.5 Å². The van der Waals surface area contributed by atoms with Crippen molar-refractivity contribution in [1.29, 1.82) is 0 Å². The zero-order valence-electron chi connectivity index (χ0n) is 13.5. The molecule has 0 radical (unpaired) electrons. The number of thiazole rings is 1. The number of nitrogens with one attached hydrogen (secondary N) is 1. The second-order valence-corrected chi connectivity index (χ2v) is 7.14. The highest BCUT2D eigenvalue weighted by Gasteiger charge is 2.35. The normalized spacial score (nSPS) is 15.1. The Kier molecular flexibility index (Phi) is 4.07. The zero-order valence-corrected chi connectivity index (χ0v) is 14.3. The highest BCUT2D eigenvalue weighted by molar-refractivity contribution is 7.22. The fraction of sp³-hybridized carbons (Fsp3) is 0.222. The summed E-state index contributed by atoms with van der Waals surface area (Å²) in [6, 6.07) is 12.5. The summed E-state index contributed by atoms with van der Waals surface area (Å²) in [5.41, 5.74) is 0.299. The molecule has 3 aromatic rings. The third-order valence-corrected chi connectivity index (χ3v) is 5.36. The lowest BCUT2D eigenvalue weighted by molar-refractivity contribution is -0.137. The number of amides is 1. The van der Waals surface area contributed by atoms with E-state index in [1.165, 1.54) is 12.1 Å². The summed E-state index contributed by atoms with van der Waals surface area (Å²) in [4.78, 5) is 18.8. The number of hydrogen-bond acceptors (Lipinski definition) is 4. The molecule has 8 heteroatoms. The van der Waals surface area contributed by atoms with Gasteiger partial charge in [0.25, 0.3) is 0 Å². The highest BCUT2D eigenvalue weighted by atomic mass is 32.1. The minimum absolute atomic E-state index is 0.156. The number of para-hydroxylation sites is 1. The zero-order chi connectivity index (χ0) is 18.3. The van der Waals surface area contributed by atoms with Crippen LogP contribution in [-0.4, -0.2) is 24.0 Å². The molecule has 134 valence electrons. The average Bonchev–Trinajstić information content (AvgIpc) is 2.96. The predicted octanol–water partition coefficient (Wildman–Crippen LogP) is 4.39. The Morgan fingerprint density at radius 1 is 1.15 bits per heavy atom. The van der Waals surface area contributed by atoms with Crippen LogP contribution in [0.25, 0.3) is 10.2 Å². The molecule has 0 unspecified atom stereocenters. The Morgan fingerprint density at radius 3 is 2.65 bits per heavy atom. The Hall–Kier alpha value is -2.61. The largest absolute Gasteiger partial charge is 0.416 e. The number of fused-ring (bicyclic) bond motifs is 1. The van der Waals surface area contributed by atoms with E-state index < -0.39 is 11.7 Å². The van der Waals surface area contributed by atoms with Gasteiger partial charge in [0.2, 0.25) is 5.91 Å². The summed E-state index contributed by atoms with van der Waals surface area (Å²) in [5, 5.41) is 3.43. The molecule has 1 fully saturated rings. The number of carbonyl (C=O) groups excluding carboxylic acids is 1. The number of anilines is 2. The van der Waals surface area contributed by atoms with Crippen LogP contribution in [0.1, 0.15) is 5.56 Å². The SMILES string of the molecule is O=C(Nc1cccc(C(F)(F)F)c1)C1CN(c2nc3ccccc3s2)C1. The molecule has 0 atom stereocenters. The Bertz CT molecular complexity index is 930. The van der Waals surface area contributed by atoms with Gasteiger partial charge in [-0.2, -0.15) is 13.2 Å². The first-order chi connectivity index (χ1) is 12.4. The minimum Gasteiger partial charge on any atom is -0.346 e. The van der Waals surface area contributed by atoms with Crippen LogP contribution >= 0.6 is 11.3 Å². The topological polar surface area (TPSA) is 45.2 Å². The third kappa shape index (κ3) is 3.24. The van der Waals surface area contributed by atoms with Crippen LogP contribution in [0, 0.1) is 5.92 Å². The molecule has 1 saturated heterocycles. The van der Waals surface area contributed by atoms with Gasteiger partial charge in [-0.05, 0) is 30.3 Å². The van der Waals surface area contributed by atoms with Gasteiger partial charge in [-0.1, -0.05) is 29.5 Å². The maximum atomic E-state index is 12.7. The van der Waals surface area contributed by atoms with Crippen LogP contribution in [0.15, 0.2) is 48.5 Å². The quantitative estimate of drug-likeness (QED) is 0.736. The van der Waals surface area contributed by atoms with Crippen molar-refractivity contribution in [3.63, 3.8) is 0 Å². The van der Waals surface area contributed by atoms with Crippen molar-refractivity contribution in [1.82, 2.24) is 4.98 Å². The summed E-state index contributed by atoms with van der Waals surface area (Å²) >= 11 is 1.56. The Labute approximate surface area is 151 Å². The van der Waals surface area contributed by atoms with Crippen molar-refractivity contribution in [2.24, 2.45) is 5.92 Å². The molecule has 4 rings (SSSR count). The summed E-state index contributed by atoms with van der Waals surface area (Å²) < 4.78 is 39.3. The van der Waals surface area contributed by atoms with Gasteiger partial charge in [0, 0.05) is 18.8 Å². The minimum atomic E-state index is -4.43. The van der Waals surface area contributed by atoms with Crippen LogP contribution in [0.2, 0.25) is 0 Å². The fourth-order valence-corrected chi connectivity index (χ4v) is 3.80. The molecule has 1 aliphatic rings. The van der Waals surface area contributed by atoms with E-state index in [0.717, 1.165) is 27.5 Å². The van der Waals surface area contributed by atoms with Gasteiger partial charge in [-0.3, -0.25) is 4.79 Å². The van der Waals surface area contributed by atoms with E-state index in [9.17, 15) is 18.0 Å². The lowest BCUT2D eigenvalue weighted by Gasteiger charge is -2.37. The monoisotopic (exact) mass is 377 g/mol. The fourth-order valence-electron chi connectivity index (χ4n) is 2.81. The molecule has 0 saturated carbocycles. The van der Waals surface area contributed by atoms with E-state index in [4.69, 9.17) is 0 Å². The molecule has 1 amide bonds. The summed E-state index contributed by atoms with van der Waals surface area (Å²) in [7, 11) is 0. The maximum absolute atomic E-state index is 12.7.